The van der Waals surface area contributed by atoms with Gasteiger partial charge in [0.1, 0.15) is 0 Å². The quantitative estimate of drug-likeness (QED) is 0.654. The Labute approximate surface area is 73.2 Å². The van der Waals surface area contributed by atoms with E-state index in [9.17, 15) is 4.79 Å². The molecule has 0 spiro atoms. The second-order valence-corrected chi connectivity index (χ2v) is 3.37. The topological polar surface area (TPSA) is 48.6 Å². The van der Waals surface area contributed by atoms with Crippen LogP contribution >= 0.6 is 11.8 Å². The second-order valence-electron chi connectivity index (χ2n) is 2.49. The van der Waals surface area contributed by atoms with Gasteiger partial charge in [-0.2, -0.15) is 0 Å². The van der Waals surface area contributed by atoms with Gasteiger partial charge in [0, 0.05) is 4.90 Å². The Morgan fingerprint density at radius 1 is 1.25 bits per heavy atom. The van der Waals surface area contributed by atoms with Gasteiger partial charge in [0.25, 0.3) is 0 Å². The summed E-state index contributed by atoms with van der Waals surface area (Å²) in [6.07, 6.45) is 2.01. The van der Waals surface area contributed by atoms with Crippen LogP contribution < -0.4 is 5.69 Å². The third-order valence-electron chi connectivity index (χ3n) is 1.72. The van der Waals surface area contributed by atoms with Crippen LogP contribution in [-0.2, 0) is 0 Å². The van der Waals surface area contributed by atoms with Gasteiger partial charge in [-0.15, -0.1) is 11.8 Å². The number of aromatic nitrogens is 2. The number of fused-ring (bicyclic) bond motifs is 1. The van der Waals surface area contributed by atoms with E-state index in [-0.39, 0.29) is 5.69 Å². The van der Waals surface area contributed by atoms with Crippen molar-refractivity contribution in [3.63, 3.8) is 0 Å². The fourth-order valence-corrected chi connectivity index (χ4v) is 1.58. The highest BCUT2D eigenvalue weighted by molar-refractivity contribution is 7.98. The lowest BCUT2D eigenvalue weighted by molar-refractivity contribution is 1.21. The molecular weight excluding hydrogens is 172 g/mol. The molecule has 2 rings (SSSR count). The first-order chi connectivity index (χ1) is 5.79. The number of H-pyrrole nitrogens is 2. The van der Waals surface area contributed by atoms with Crippen molar-refractivity contribution in [1.29, 1.82) is 0 Å². The van der Waals surface area contributed by atoms with Crippen molar-refractivity contribution in [3.8, 4) is 0 Å². The van der Waals surface area contributed by atoms with E-state index in [4.69, 9.17) is 0 Å². The third kappa shape index (κ3) is 1.14. The Morgan fingerprint density at radius 2 is 2.00 bits per heavy atom. The van der Waals surface area contributed by atoms with E-state index in [0.717, 1.165) is 15.9 Å². The molecule has 62 valence electrons. The average Bonchev–Trinajstić information content (AvgIpc) is 2.43. The Morgan fingerprint density at radius 3 is 2.75 bits per heavy atom. The molecule has 0 aliphatic rings. The first-order valence-electron chi connectivity index (χ1n) is 3.55. The van der Waals surface area contributed by atoms with Gasteiger partial charge in [-0.25, -0.2) is 4.79 Å². The van der Waals surface area contributed by atoms with Crippen molar-refractivity contribution in [2.24, 2.45) is 0 Å². The smallest absolute Gasteiger partial charge is 0.306 e. The predicted molar refractivity (Wildman–Crippen MR) is 50.7 cm³/mol. The largest absolute Gasteiger partial charge is 0.323 e. The number of rotatable bonds is 1. The number of hydrogen-bond acceptors (Lipinski definition) is 2. The maximum Gasteiger partial charge on any atom is 0.323 e. The van der Waals surface area contributed by atoms with Crippen molar-refractivity contribution < 1.29 is 0 Å². The van der Waals surface area contributed by atoms with E-state index in [1.807, 2.05) is 24.5 Å². The summed E-state index contributed by atoms with van der Waals surface area (Å²) >= 11 is 1.66. The maximum absolute atomic E-state index is 10.9. The SMILES string of the molecule is CSc1ccc2[nH]c(=O)[nH]c2c1. The summed E-state index contributed by atoms with van der Waals surface area (Å²) in [7, 11) is 0. The zero-order chi connectivity index (χ0) is 8.55. The lowest BCUT2D eigenvalue weighted by atomic mass is 10.3. The molecular formula is C8H8N2OS. The normalized spacial score (nSPS) is 10.8. The second kappa shape index (κ2) is 2.71. The average molecular weight is 180 g/mol. The summed E-state index contributed by atoms with van der Waals surface area (Å²) in [5.74, 6) is 0. The van der Waals surface area contributed by atoms with Gasteiger partial charge in [-0.3, -0.25) is 0 Å². The maximum atomic E-state index is 10.9. The van der Waals surface area contributed by atoms with Crippen LogP contribution in [0, 0.1) is 0 Å². The summed E-state index contributed by atoms with van der Waals surface area (Å²) in [6, 6.07) is 5.84. The van der Waals surface area contributed by atoms with Gasteiger partial charge in [-0.1, -0.05) is 0 Å². The molecule has 2 aromatic rings. The standard InChI is InChI=1S/C8H8N2OS/c1-12-5-2-3-6-7(4-5)10-8(11)9-6/h2-4H,1H3,(H2,9,10,11). The minimum atomic E-state index is -0.150. The molecule has 0 radical (unpaired) electrons. The minimum absolute atomic E-state index is 0.150. The van der Waals surface area contributed by atoms with Gasteiger partial charge in [0.2, 0.25) is 0 Å². The Balaban J connectivity index is 2.74. The molecule has 0 aliphatic heterocycles. The molecule has 0 unspecified atom stereocenters. The number of thioether (sulfide) groups is 1. The molecule has 12 heavy (non-hydrogen) atoms. The molecule has 3 nitrogen and oxygen atoms in total. The molecule has 0 saturated carbocycles. The summed E-state index contributed by atoms with van der Waals surface area (Å²) in [6.45, 7) is 0. The zero-order valence-corrected chi connectivity index (χ0v) is 7.37. The van der Waals surface area contributed by atoms with Gasteiger partial charge >= 0.3 is 5.69 Å². The Kier molecular flexibility index (Phi) is 1.69. The lowest BCUT2D eigenvalue weighted by Gasteiger charge is -1.93. The number of nitrogens with one attached hydrogen (secondary N) is 2. The van der Waals surface area contributed by atoms with Gasteiger partial charge in [-0.05, 0) is 24.5 Å². The highest BCUT2D eigenvalue weighted by Gasteiger charge is 1.97. The Bertz CT molecular complexity index is 457. The van der Waals surface area contributed by atoms with Crippen LogP contribution in [0.15, 0.2) is 27.9 Å². The summed E-state index contributed by atoms with van der Waals surface area (Å²) in [5, 5.41) is 0. The van der Waals surface area contributed by atoms with E-state index < -0.39 is 0 Å². The molecule has 0 fully saturated rings. The van der Waals surface area contributed by atoms with Crippen molar-refractivity contribution in [2.75, 3.05) is 6.26 Å². The van der Waals surface area contributed by atoms with Crippen LogP contribution in [0.5, 0.6) is 0 Å². The molecule has 0 aliphatic carbocycles. The summed E-state index contributed by atoms with van der Waals surface area (Å²) in [4.78, 5) is 17.4. The highest BCUT2D eigenvalue weighted by Crippen LogP contribution is 2.17. The molecule has 1 heterocycles. The lowest BCUT2D eigenvalue weighted by Crippen LogP contribution is -1.99. The summed E-state index contributed by atoms with van der Waals surface area (Å²) in [5.41, 5.74) is 1.58. The van der Waals surface area contributed by atoms with Crippen LogP contribution in [0.1, 0.15) is 0 Å². The van der Waals surface area contributed by atoms with Crippen LogP contribution in [0.25, 0.3) is 11.0 Å². The fraction of sp³-hybridized carbons (Fsp3) is 0.125. The van der Waals surface area contributed by atoms with Gasteiger partial charge < -0.3 is 9.97 Å². The first kappa shape index (κ1) is 7.49. The molecule has 1 aromatic heterocycles. The van der Waals surface area contributed by atoms with Crippen molar-refractivity contribution in [1.82, 2.24) is 9.97 Å². The van der Waals surface area contributed by atoms with Crippen LogP contribution in [-0.4, -0.2) is 16.2 Å². The van der Waals surface area contributed by atoms with Crippen LogP contribution in [0.4, 0.5) is 0 Å². The molecule has 1 aromatic carbocycles. The third-order valence-corrected chi connectivity index (χ3v) is 2.45. The predicted octanol–water partition coefficient (Wildman–Crippen LogP) is 1.58. The van der Waals surface area contributed by atoms with Crippen LogP contribution in [0.2, 0.25) is 0 Å². The summed E-state index contributed by atoms with van der Waals surface area (Å²) < 4.78 is 0. The van der Waals surface area contributed by atoms with Gasteiger partial charge in [0.05, 0.1) is 11.0 Å². The monoisotopic (exact) mass is 180 g/mol. The zero-order valence-electron chi connectivity index (χ0n) is 6.55. The molecule has 2 N–H and O–H groups in total. The molecule has 0 saturated heterocycles. The van der Waals surface area contributed by atoms with Crippen molar-refractivity contribution >= 4 is 22.8 Å². The van der Waals surface area contributed by atoms with Crippen molar-refractivity contribution in [3.05, 3.63) is 28.7 Å². The number of imidazole rings is 1. The Hall–Kier alpha value is -1.16. The molecule has 0 atom stereocenters. The van der Waals surface area contributed by atoms with Crippen LogP contribution in [0.3, 0.4) is 0 Å². The van der Waals surface area contributed by atoms with E-state index >= 15 is 0 Å². The van der Waals surface area contributed by atoms with Crippen molar-refractivity contribution in [2.45, 2.75) is 4.90 Å². The molecule has 4 heteroatoms. The van der Waals surface area contributed by atoms with E-state index in [1.165, 1.54) is 0 Å². The fourth-order valence-electron chi connectivity index (χ4n) is 1.14. The first-order valence-corrected chi connectivity index (χ1v) is 4.78. The van der Waals surface area contributed by atoms with E-state index in [1.54, 1.807) is 11.8 Å². The number of hydrogen-bond donors (Lipinski definition) is 2. The van der Waals surface area contributed by atoms with Gasteiger partial charge in [0.15, 0.2) is 0 Å². The van der Waals surface area contributed by atoms with E-state index in [0.29, 0.717) is 0 Å². The number of aromatic amines is 2. The minimum Gasteiger partial charge on any atom is -0.306 e. The number of benzene rings is 1. The molecule has 0 amide bonds. The highest BCUT2D eigenvalue weighted by atomic mass is 32.2. The van der Waals surface area contributed by atoms with E-state index in [2.05, 4.69) is 9.97 Å². The molecule has 0 bridgehead atoms.